The minimum Gasteiger partial charge on any atom is -0.314 e. The van der Waals surface area contributed by atoms with Gasteiger partial charge in [0, 0.05) is 17.7 Å². The summed E-state index contributed by atoms with van der Waals surface area (Å²) in [5, 5.41) is 14.2. The summed E-state index contributed by atoms with van der Waals surface area (Å²) in [6.07, 6.45) is -2.57. The van der Waals surface area contributed by atoms with Crippen molar-refractivity contribution >= 4 is 5.69 Å². The lowest BCUT2D eigenvalue weighted by molar-refractivity contribution is -0.385. The Morgan fingerprint density at radius 1 is 1.33 bits per heavy atom. The van der Waals surface area contributed by atoms with E-state index in [1.807, 2.05) is 13.8 Å². The van der Waals surface area contributed by atoms with Gasteiger partial charge in [0.05, 0.1) is 10.5 Å². The standard InChI is InChI=1S/C14H19F3N2O2/c1-3-7-18-12(4-2)8-10-5-6-11(14(15,16)17)9-13(10)19(20)21/h5-6,9,12,18H,3-4,7-8H2,1-2H3. The van der Waals surface area contributed by atoms with Gasteiger partial charge in [0.1, 0.15) is 0 Å². The van der Waals surface area contributed by atoms with Crippen LogP contribution in [0.4, 0.5) is 18.9 Å². The van der Waals surface area contributed by atoms with E-state index in [1.165, 1.54) is 6.07 Å². The molecule has 0 spiro atoms. The Morgan fingerprint density at radius 2 is 2.00 bits per heavy atom. The molecule has 1 N–H and O–H groups in total. The van der Waals surface area contributed by atoms with Crippen LogP contribution in [-0.2, 0) is 12.6 Å². The Kier molecular flexibility index (Phi) is 6.14. The lowest BCUT2D eigenvalue weighted by atomic mass is 10.00. The van der Waals surface area contributed by atoms with E-state index in [4.69, 9.17) is 0 Å². The molecule has 0 amide bonds. The van der Waals surface area contributed by atoms with Crippen LogP contribution in [0, 0.1) is 10.1 Å². The largest absolute Gasteiger partial charge is 0.416 e. The fraction of sp³-hybridized carbons (Fsp3) is 0.571. The number of rotatable bonds is 7. The van der Waals surface area contributed by atoms with Crippen molar-refractivity contribution in [2.75, 3.05) is 6.54 Å². The molecule has 118 valence electrons. The molecule has 1 aromatic rings. The SMILES string of the molecule is CCCNC(CC)Cc1ccc(C(F)(F)F)cc1[N+](=O)[O-]. The van der Waals surface area contributed by atoms with Crippen LogP contribution in [0.5, 0.6) is 0 Å². The van der Waals surface area contributed by atoms with Crippen LogP contribution in [0.2, 0.25) is 0 Å². The molecule has 0 bridgehead atoms. The normalized spacial score (nSPS) is 13.2. The zero-order valence-corrected chi connectivity index (χ0v) is 12.0. The van der Waals surface area contributed by atoms with Gasteiger partial charge in [0.2, 0.25) is 0 Å². The molecule has 0 aromatic heterocycles. The molecule has 7 heteroatoms. The van der Waals surface area contributed by atoms with Gasteiger partial charge in [0.15, 0.2) is 0 Å². The quantitative estimate of drug-likeness (QED) is 0.613. The van der Waals surface area contributed by atoms with Crippen LogP contribution in [-0.4, -0.2) is 17.5 Å². The van der Waals surface area contributed by atoms with Crippen LogP contribution >= 0.6 is 0 Å². The van der Waals surface area contributed by atoms with Gasteiger partial charge in [-0.05, 0) is 31.9 Å². The highest BCUT2D eigenvalue weighted by Crippen LogP contribution is 2.33. The first kappa shape index (κ1) is 17.4. The molecule has 4 nitrogen and oxygen atoms in total. The van der Waals surface area contributed by atoms with Crippen LogP contribution in [0.25, 0.3) is 0 Å². The maximum Gasteiger partial charge on any atom is 0.416 e. The molecule has 1 rings (SSSR count). The molecule has 0 aliphatic carbocycles. The average molecular weight is 304 g/mol. The molecule has 0 saturated heterocycles. The highest BCUT2D eigenvalue weighted by Gasteiger charge is 2.33. The van der Waals surface area contributed by atoms with Gasteiger partial charge in [0.25, 0.3) is 5.69 Å². The van der Waals surface area contributed by atoms with Crippen molar-refractivity contribution < 1.29 is 18.1 Å². The third kappa shape index (κ3) is 5.00. The summed E-state index contributed by atoms with van der Waals surface area (Å²) in [7, 11) is 0. The van der Waals surface area contributed by atoms with Crippen LogP contribution in [0.15, 0.2) is 18.2 Å². The van der Waals surface area contributed by atoms with Crippen molar-refractivity contribution in [2.24, 2.45) is 0 Å². The lowest BCUT2D eigenvalue weighted by Gasteiger charge is -2.17. The molecule has 1 atom stereocenters. The topological polar surface area (TPSA) is 55.2 Å². The van der Waals surface area contributed by atoms with Crippen molar-refractivity contribution in [1.82, 2.24) is 5.32 Å². The molecule has 21 heavy (non-hydrogen) atoms. The van der Waals surface area contributed by atoms with Crippen molar-refractivity contribution in [2.45, 2.75) is 45.3 Å². The molecule has 0 radical (unpaired) electrons. The fourth-order valence-corrected chi connectivity index (χ4v) is 2.06. The highest BCUT2D eigenvalue weighted by atomic mass is 19.4. The molecular formula is C14H19F3N2O2. The van der Waals surface area contributed by atoms with E-state index in [-0.39, 0.29) is 6.04 Å². The number of nitro groups is 1. The van der Waals surface area contributed by atoms with Gasteiger partial charge in [-0.15, -0.1) is 0 Å². The van der Waals surface area contributed by atoms with Crippen LogP contribution < -0.4 is 5.32 Å². The van der Waals surface area contributed by atoms with E-state index in [0.29, 0.717) is 18.1 Å². The van der Waals surface area contributed by atoms with E-state index in [1.54, 1.807) is 0 Å². The lowest BCUT2D eigenvalue weighted by Crippen LogP contribution is -2.31. The highest BCUT2D eigenvalue weighted by molar-refractivity contribution is 5.44. The second-order valence-corrected chi connectivity index (χ2v) is 4.86. The van der Waals surface area contributed by atoms with Gasteiger partial charge in [-0.25, -0.2) is 0 Å². The van der Waals surface area contributed by atoms with Crippen LogP contribution in [0.3, 0.4) is 0 Å². The smallest absolute Gasteiger partial charge is 0.314 e. The van der Waals surface area contributed by atoms with Crippen LogP contribution in [0.1, 0.15) is 37.8 Å². The van der Waals surface area contributed by atoms with Crippen molar-refractivity contribution in [3.63, 3.8) is 0 Å². The van der Waals surface area contributed by atoms with E-state index in [9.17, 15) is 23.3 Å². The molecule has 1 aromatic carbocycles. The molecule has 1 unspecified atom stereocenters. The van der Waals surface area contributed by atoms with Gasteiger partial charge >= 0.3 is 6.18 Å². The van der Waals surface area contributed by atoms with Crippen molar-refractivity contribution in [3.05, 3.63) is 39.4 Å². The van der Waals surface area contributed by atoms with Crippen molar-refractivity contribution in [1.29, 1.82) is 0 Å². The minimum absolute atomic E-state index is 0.0142. The zero-order valence-electron chi connectivity index (χ0n) is 12.0. The number of hydrogen-bond acceptors (Lipinski definition) is 3. The Bertz CT molecular complexity index is 490. The number of nitro benzene ring substituents is 1. The van der Waals surface area contributed by atoms with Crippen molar-refractivity contribution in [3.8, 4) is 0 Å². The second-order valence-electron chi connectivity index (χ2n) is 4.86. The summed E-state index contributed by atoms with van der Waals surface area (Å²) in [5.41, 5.74) is -1.14. The van der Waals surface area contributed by atoms with Gasteiger partial charge in [-0.2, -0.15) is 13.2 Å². The number of hydrogen-bond donors (Lipinski definition) is 1. The summed E-state index contributed by atoms with van der Waals surface area (Å²) in [6.45, 7) is 4.70. The van der Waals surface area contributed by atoms with E-state index in [0.717, 1.165) is 25.5 Å². The third-order valence-corrected chi connectivity index (χ3v) is 3.25. The Balaban J connectivity index is 3.03. The monoisotopic (exact) mass is 304 g/mol. The van der Waals surface area contributed by atoms with Gasteiger partial charge in [-0.1, -0.05) is 19.9 Å². The van der Waals surface area contributed by atoms with Gasteiger partial charge in [-0.3, -0.25) is 10.1 Å². The summed E-state index contributed by atoms with van der Waals surface area (Å²) in [6, 6.07) is 2.73. The number of alkyl halides is 3. The number of nitrogens with one attached hydrogen (secondary N) is 1. The first-order valence-electron chi connectivity index (χ1n) is 6.87. The fourth-order valence-electron chi connectivity index (χ4n) is 2.06. The predicted molar refractivity (Wildman–Crippen MR) is 74.2 cm³/mol. The second kappa shape index (κ2) is 7.40. The maximum atomic E-state index is 12.6. The summed E-state index contributed by atoms with van der Waals surface area (Å²) < 4.78 is 37.9. The zero-order chi connectivity index (χ0) is 16.0. The maximum absolute atomic E-state index is 12.6. The van der Waals surface area contributed by atoms with Gasteiger partial charge < -0.3 is 5.32 Å². The first-order valence-corrected chi connectivity index (χ1v) is 6.87. The molecule has 0 saturated carbocycles. The number of benzene rings is 1. The molecule has 0 heterocycles. The third-order valence-electron chi connectivity index (χ3n) is 3.25. The summed E-state index contributed by atoms with van der Waals surface area (Å²) in [4.78, 5) is 10.2. The average Bonchev–Trinajstić information content (AvgIpc) is 2.42. The minimum atomic E-state index is -4.58. The van der Waals surface area contributed by atoms with E-state index in [2.05, 4.69) is 5.32 Å². The van der Waals surface area contributed by atoms with E-state index >= 15 is 0 Å². The Morgan fingerprint density at radius 3 is 2.48 bits per heavy atom. The first-order chi connectivity index (χ1) is 9.79. The Labute approximate surface area is 121 Å². The summed E-state index contributed by atoms with van der Waals surface area (Å²) >= 11 is 0. The predicted octanol–water partition coefficient (Wildman–Crippen LogP) is 3.93. The van der Waals surface area contributed by atoms with E-state index < -0.39 is 22.4 Å². The number of halogens is 3. The molecule has 0 aliphatic heterocycles. The Hall–Kier alpha value is -1.63. The molecular weight excluding hydrogens is 285 g/mol. The molecule has 0 aliphatic rings. The molecule has 0 fully saturated rings. The number of nitrogens with zero attached hydrogens (tertiary/aromatic N) is 1. The summed E-state index contributed by atoms with van der Waals surface area (Å²) in [5.74, 6) is 0.